The molecular weight excluding hydrogens is 432 g/mol. The fourth-order valence-electron chi connectivity index (χ4n) is 3.15. The summed E-state index contributed by atoms with van der Waals surface area (Å²) in [5.74, 6) is -0.951. The summed E-state index contributed by atoms with van der Waals surface area (Å²) >= 11 is 12.0. The molecule has 3 N–H and O–H groups in total. The van der Waals surface area contributed by atoms with Crippen LogP contribution in [0.5, 0.6) is 5.88 Å². The molecule has 1 aromatic carbocycles. The zero-order valence-electron chi connectivity index (χ0n) is 16.7. The number of amides is 1. The SMILES string of the molecule is CN(CCO)CCC[C@@](F)(CC(=O)NCc1ccc(Cl)cc1Cl)c1cccnc1O. The Hall–Kier alpha value is -1.93. The molecule has 9 heteroatoms. The number of alkyl halides is 1. The summed E-state index contributed by atoms with van der Waals surface area (Å²) in [4.78, 5) is 18.1. The molecule has 2 aromatic rings. The van der Waals surface area contributed by atoms with Gasteiger partial charge in [0.1, 0.15) is 5.67 Å². The van der Waals surface area contributed by atoms with E-state index < -0.39 is 23.9 Å². The Morgan fingerprint density at radius 2 is 2.07 bits per heavy atom. The van der Waals surface area contributed by atoms with Crippen LogP contribution in [0.3, 0.4) is 0 Å². The molecule has 30 heavy (non-hydrogen) atoms. The molecule has 0 saturated carbocycles. The number of hydrogen-bond donors (Lipinski definition) is 3. The van der Waals surface area contributed by atoms with Crippen LogP contribution in [0.1, 0.15) is 30.4 Å². The molecule has 164 valence electrons. The van der Waals surface area contributed by atoms with Crippen molar-refractivity contribution in [1.29, 1.82) is 0 Å². The smallest absolute Gasteiger partial charge is 0.223 e. The van der Waals surface area contributed by atoms with E-state index >= 15 is 4.39 Å². The molecule has 1 atom stereocenters. The van der Waals surface area contributed by atoms with Crippen LogP contribution in [0.2, 0.25) is 10.0 Å². The summed E-state index contributed by atoms with van der Waals surface area (Å²) in [6, 6.07) is 7.87. The van der Waals surface area contributed by atoms with E-state index in [9.17, 15) is 9.90 Å². The highest BCUT2D eigenvalue weighted by molar-refractivity contribution is 6.35. The van der Waals surface area contributed by atoms with E-state index in [4.69, 9.17) is 28.3 Å². The molecule has 0 saturated heterocycles. The van der Waals surface area contributed by atoms with Gasteiger partial charge >= 0.3 is 0 Å². The van der Waals surface area contributed by atoms with E-state index in [1.807, 2.05) is 11.9 Å². The van der Waals surface area contributed by atoms with Gasteiger partial charge in [0.15, 0.2) is 0 Å². The van der Waals surface area contributed by atoms with Gasteiger partial charge in [-0.25, -0.2) is 9.37 Å². The predicted molar refractivity (Wildman–Crippen MR) is 115 cm³/mol. The van der Waals surface area contributed by atoms with E-state index in [0.717, 1.165) is 0 Å². The summed E-state index contributed by atoms with van der Waals surface area (Å²) in [5.41, 5.74) is -1.45. The molecule has 0 spiro atoms. The number of aromatic nitrogens is 1. The highest BCUT2D eigenvalue weighted by atomic mass is 35.5. The number of aromatic hydroxyl groups is 1. The lowest BCUT2D eigenvalue weighted by Crippen LogP contribution is -2.33. The highest BCUT2D eigenvalue weighted by Gasteiger charge is 2.37. The molecule has 0 fully saturated rings. The Morgan fingerprint density at radius 3 is 2.73 bits per heavy atom. The second kappa shape index (κ2) is 11.5. The molecule has 0 aliphatic heterocycles. The molecule has 0 bridgehead atoms. The van der Waals surface area contributed by atoms with Gasteiger partial charge in [-0.1, -0.05) is 29.3 Å². The van der Waals surface area contributed by atoms with Crippen LogP contribution in [0, 0.1) is 0 Å². The lowest BCUT2D eigenvalue weighted by molar-refractivity contribution is -0.124. The van der Waals surface area contributed by atoms with E-state index in [0.29, 0.717) is 35.1 Å². The van der Waals surface area contributed by atoms with Crippen molar-refractivity contribution in [2.75, 3.05) is 26.7 Å². The van der Waals surface area contributed by atoms with Crippen LogP contribution in [-0.2, 0) is 17.0 Å². The van der Waals surface area contributed by atoms with E-state index in [1.54, 1.807) is 18.2 Å². The van der Waals surface area contributed by atoms with Gasteiger partial charge in [0, 0.05) is 29.3 Å². The van der Waals surface area contributed by atoms with Crippen molar-refractivity contribution in [2.45, 2.75) is 31.5 Å². The Morgan fingerprint density at radius 1 is 1.30 bits per heavy atom. The summed E-state index contributed by atoms with van der Waals surface area (Å²) in [6.07, 6.45) is 1.33. The van der Waals surface area contributed by atoms with Crippen molar-refractivity contribution in [1.82, 2.24) is 15.2 Å². The fraction of sp³-hybridized carbons (Fsp3) is 0.429. The number of nitrogens with zero attached hydrogens (tertiary/aromatic N) is 2. The second-order valence-electron chi connectivity index (χ2n) is 7.16. The van der Waals surface area contributed by atoms with Gasteiger partial charge in [0.05, 0.1) is 18.6 Å². The topological polar surface area (TPSA) is 85.7 Å². The van der Waals surface area contributed by atoms with Gasteiger partial charge in [0.2, 0.25) is 11.8 Å². The Bertz CT molecular complexity index is 856. The number of benzene rings is 1. The number of aliphatic hydroxyl groups is 1. The van der Waals surface area contributed by atoms with Gasteiger partial charge in [-0.3, -0.25) is 4.79 Å². The lowest BCUT2D eigenvalue weighted by atomic mass is 9.88. The number of hydrogen-bond acceptors (Lipinski definition) is 5. The first-order valence-corrected chi connectivity index (χ1v) is 10.3. The molecular formula is C21H26Cl2FN3O3. The zero-order chi connectivity index (χ0) is 22.1. The van der Waals surface area contributed by atoms with Gasteiger partial charge < -0.3 is 20.4 Å². The first kappa shape index (κ1) is 24.3. The average Bonchev–Trinajstić information content (AvgIpc) is 2.67. The van der Waals surface area contributed by atoms with Crippen LogP contribution in [0.25, 0.3) is 0 Å². The van der Waals surface area contributed by atoms with Gasteiger partial charge in [0.25, 0.3) is 0 Å². The van der Waals surface area contributed by atoms with Crippen molar-refractivity contribution in [3.05, 3.63) is 57.7 Å². The summed E-state index contributed by atoms with van der Waals surface area (Å²) < 4.78 is 16.0. The number of halogens is 3. The number of pyridine rings is 1. The number of carbonyl (C=O) groups is 1. The molecule has 6 nitrogen and oxygen atoms in total. The maximum atomic E-state index is 16.0. The van der Waals surface area contributed by atoms with E-state index in [-0.39, 0.29) is 25.1 Å². The number of nitrogens with one attached hydrogen (secondary N) is 1. The molecule has 0 aliphatic rings. The summed E-state index contributed by atoms with van der Waals surface area (Å²) in [6.45, 7) is 1.15. The monoisotopic (exact) mass is 457 g/mol. The van der Waals surface area contributed by atoms with Gasteiger partial charge in [-0.2, -0.15) is 0 Å². The maximum absolute atomic E-state index is 16.0. The van der Waals surface area contributed by atoms with E-state index in [1.165, 1.54) is 18.3 Å². The number of rotatable bonds is 11. The molecule has 1 amide bonds. The molecule has 0 radical (unpaired) electrons. The summed E-state index contributed by atoms with van der Waals surface area (Å²) in [5, 5.41) is 22.6. The van der Waals surface area contributed by atoms with Crippen molar-refractivity contribution < 1.29 is 19.4 Å². The van der Waals surface area contributed by atoms with Crippen molar-refractivity contribution in [3.8, 4) is 5.88 Å². The lowest BCUT2D eigenvalue weighted by Gasteiger charge is -2.27. The normalized spacial score (nSPS) is 13.3. The quantitative estimate of drug-likeness (QED) is 0.479. The largest absolute Gasteiger partial charge is 0.493 e. The minimum Gasteiger partial charge on any atom is -0.493 e. The third-order valence-electron chi connectivity index (χ3n) is 4.80. The van der Waals surface area contributed by atoms with Crippen LogP contribution in [0.4, 0.5) is 4.39 Å². The predicted octanol–water partition coefficient (Wildman–Crippen LogP) is 3.67. The van der Waals surface area contributed by atoms with Crippen molar-refractivity contribution in [3.63, 3.8) is 0 Å². The number of aliphatic hydroxyl groups excluding tert-OH is 1. The van der Waals surface area contributed by atoms with Crippen LogP contribution in [-0.4, -0.2) is 52.7 Å². The number of likely N-dealkylation sites (N-methyl/N-ethyl adjacent to an activating group) is 1. The van der Waals surface area contributed by atoms with Gasteiger partial charge in [-0.15, -0.1) is 0 Å². The zero-order valence-corrected chi connectivity index (χ0v) is 18.3. The van der Waals surface area contributed by atoms with Crippen LogP contribution >= 0.6 is 23.2 Å². The average molecular weight is 458 g/mol. The Labute approximate surface area is 185 Å². The minimum atomic E-state index is -2.09. The second-order valence-corrected chi connectivity index (χ2v) is 8.00. The van der Waals surface area contributed by atoms with Crippen LogP contribution < -0.4 is 5.32 Å². The third kappa shape index (κ3) is 7.09. The maximum Gasteiger partial charge on any atom is 0.223 e. The fourth-order valence-corrected chi connectivity index (χ4v) is 3.63. The third-order valence-corrected chi connectivity index (χ3v) is 5.38. The van der Waals surface area contributed by atoms with Crippen molar-refractivity contribution >= 4 is 29.1 Å². The molecule has 1 aromatic heterocycles. The highest BCUT2D eigenvalue weighted by Crippen LogP contribution is 2.38. The molecule has 2 rings (SSSR count). The van der Waals surface area contributed by atoms with Crippen LogP contribution in [0.15, 0.2) is 36.5 Å². The first-order valence-electron chi connectivity index (χ1n) is 9.58. The standard InChI is InChI=1S/C21H26Cl2FN3O3/c1-27(10-11-28)9-3-7-21(24,17-4-2-8-25-20(17)30)13-19(29)26-14-15-5-6-16(22)12-18(15)23/h2,4-6,8,12,28H,3,7,9-11,13-14H2,1H3,(H,25,30)(H,26,29)/t21-/m1/s1. The van der Waals surface area contributed by atoms with E-state index in [2.05, 4.69) is 10.3 Å². The number of carbonyl (C=O) groups excluding carboxylic acids is 1. The molecule has 0 aliphatic carbocycles. The molecule has 0 unspecified atom stereocenters. The molecule has 1 heterocycles. The minimum absolute atomic E-state index is 0.0102. The Kier molecular flexibility index (Phi) is 9.30. The Balaban J connectivity index is 2.08. The first-order chi connectivity index (χ1) is 14.2. The summed E-state index contributed by atoms with van der Waals surface area (Å²) in [7, 11) is 1.82. The van der Waals surface area contributed by atoms with Crippen molar-refractivity contribution in [2.24, 2.45) is 0 Å². The van der Waals surface area contributed by atoms with Gasteiger partial charge in [-0.05, 0) is 56.3 Å².